The standard InChI is InChI=1S/C22H29N7O13P2/c23-19-14-21(26-8-25-19)29(9-27-14)22-18(33)17(32)13(41-22)7-40-44(37,38)42-43(35,36)39-6-11-4-12(16(31)15(11)30)28-3-1-2-10(5-28)20(24)34/h1-3,5,8-9,11-13,15-18,22,30-33H,4,6-7H2,(H5-,23,24,25,26,34,35,36,37,38)/p+1/t11?,12-,13-,15-,16+,17-,18-,22-/m1/s1. The van der Waals surface area contributed by atoms with Gasteiger partial charge in [-0.1, -0.05) is 0 Å². The van der Waals surface area contributed by atoms with Crippen LogP contribution in [0.1, 0.15) is 29.0 Å². The van der Waals surface area contributed by atoms with Gasteiger partial charge in [0, 0.05) is 18.4 Å². The molecule has 20 nitrogen and oxygen atoms in total. The van der Waals surface area contributed by atoms with Crippen molar-refractivity contribution in [2.45, 2.75) is 49.2 Å². The highest BCUT2D eigenvalue weighted by Crippen LogP contribution is 2.61. The fourth-order valence-corrected chi connectivity index (χ4v) is 7.23. The number of pyridine rings is 1. The third-order valence-corrected chi connectivity index (χ3v) is 9.92. The van der Waals surface area contributed by atoms with Crippen LogP contribution in [0.3, 0.4) is 0 Å². The second-order valence-corrected chi connectivity index (χ2v) is 13.2. The predicted octanol–water partition coefficient (Wildman–Crippen LogP) is -2.35. The molecule has 0 radical (unpaired) electrons. The molecule has 1 saturated heterocycles. The summed E-state index contributed by atoms with van der Waals surface area (Å²) in [5.41, 5.74) is 11.6. The lowest BCUT2D eigenvalue weighted by Crippen LogP contribution is -2.45. The molecule has 240 valence electrons. The molecular formula is C22H30N7O13P2+. The molecule has 1 saturated carbocycles. The normalized spacial score (nSPS) is 31.6. The van der Waals surface area contributed by atoms with Crippen molar-refractivity contribution >= 4 is 38.5 Å². The van der Waals surface area contributed by atoms with Gasteiger partial charge in [-0.3, -0.25) is 18.4 Å². The number of carbonyl (C=O) groups excluding carboxylic acids is 1. The SMILES string of the molecule is NC(=O)c1ccc[n+]([C@@H]2CC(COP(=O)(O)OP(=O)(O)OC[C@H]3O[C@@H](n4cnc5c(N)ncnc54)[C@H](O)[C@@H]3O)[C@@H](O)[C@H]2O)c1. The number of fused-ring (bicyclic) bond motifs is 1. The molecular weight excluding hydrogens is 632 g/mol. The van der Waals surface area contributed by atoms with E-state index in [-0.39, 0.29) is 29.0 Å². The van der Waals surface area contributed by atoms with E-state index in [2.05, 4.69) is 19.3 Å². The fourth-order valence-electron chi connectivity index (χ4n) is 5.09. The Morgan fingerprint density at radius 2 is 1.75 bits per heavy atom. The molecule has 1 aliphatic carbocycles. The molecule has 1 amide bonds. The van der Waals surface area contributed by atoms with E-state index < -0.39 is 83.5 Å². The summed E-state index contributed by atoms with van der Waals surface area (Å²) in [4.78, 5) is 43.5. The summed E-state index contributed by atoms with van der Waals surface area (Å²) < 4.78 is 47.1. The molecule has 2 aliphatic rings. The number of primary amides is 1. The monoisotopic (exact) mass is 662 g/mol. The number of hydrogen-bond acceptors (Lipinski definition) is 15. The number of amides is 1. The second kappa shape index (κ2) is 12.4. The molecule has 44 heavy (non-hydrogen) atoms. The van der Waals surface area contributed by atoms with Gasteiger partial charge in [-0.15, -0.1) is 0 Å². The first-order chi connectivity index (χ1) is 20.7. The molecule has 3 unspecified atom stereocenters. The van der Waals surface area contributed by atoms with Crippen molar-refractivity contribution < 1.29 is 66.8 Å². The maximum Gasteiger partial charge on any atom is 0.481 e. The van der Waals surface area contributed by atoms with Gasteiger partial charge in [-0.05, 0) is 6.07 Å². The molecule has 5 rings (SSSR count). The minimum absolute atomic E-state index is 0.0216. The lowest BCUT2D eigenvalue weighted by molar-refractivity contribution is -0.728. The predicted molar refractivity (Wildman–Crippen MR) is 143 cm³/mol. The van der Waals surface area contributed by atoms with Gasteiger partial charge in [0.15, 0.2) is 36.1 Å². The van der Waals surface area contributed by atoms with Crippen LogP contribution in [-0.4, -0.2) is 99.4 Å². The van der Waals surface area contributed by atoms with Gasteiger partial charge in [0.25, 0.3) is 5.91 Å². The molecule has 3 aromatic rings. The molecule has 0 aromatic carbocycles. The Morgan fingerprint density at radius 1 is 1.05 bits per heavy atom. The van der Waals surface area contributed by atoms with Crippen molar-refractivity contribution in [1.82, 2.24) is 19.5 Å². The molecule has 0 spiro atoms. The highest BCUT2D eigenvalue weighted by molar-refractivity contribution is 7.61. The fraction of sp³-hybridized carbons (Fsp3) is 0.500. The molecule has 1 aliphatic heterocycles. The topological polar surface area (TPSA) is 309 Å². The number of hydrogen-bond donors (Lipinski definition) is 8. The van der Waals surface area contributed by atoms with E-state index in [4.69, 9.17) is 25.3 Å². The smallest absolute Gasteiger partial charge is 0.390 e. The zero-order valence-electron chi connectivity index (χ0n) is 22.5. The van der Waals surface area contributed by atoms with Gasteiger partial charge in [0.2, 0.25) is 0 Å². The highest BCUT2D eigenvalue weighted by Gasteiger charge is 2.49. The summed E-state index contributed by atoms with van der Waals surface area (Å²) >= 11 is 0. The summed E-state index contributed by atoms with van der Waals surface area (Å²) in [7, 11) is -10.6. The van der Waals surface area contributed by atoms with Crippen LogP contribution in [0.15, 0.2) is 37.2 Å². The van der Waals surface area contributed by atoms with Crippen LogP contribution in [0.4, 0.5) is 5.82 Å². The number of aliphatic hydroxyl groups is 4. The van der Waals surface area contributed by atoms with E-state index in [9.17, 15) is 44.1 Å². The van der Waals surface area contributed by atoms with Crippen LogP contribution in [0, 0.1) is 5.92 Å². The van der Waals surface area contributed by atoms with Crippen molar-refractivity contribution in [3.8, 4) is 0 Å². The number of nitrogen functional groups attached to an aromatic ring is 1. The van der Waals surface area contributed by atoms with Crippen molar-refractivity contribution in [1.29, 1.82) is 0 Å². The number of ether oxygens (including phenoxy) is 1. The second-order valence-electron chi connectivity index (χ2n) is 10.2. The quantitative estimate of drug-likeness (QED) is 0.0787. The van der Waals surface area contributed by atoms with Gasteiger partial charge in [0.05, 0.1) is 25.6 Å². The molecule has 10 atom stereocenters. The van der Waals surface area contributed by atoms with Gasteiger partial charge in [-0.2, -0.15) is 8.88 Å². The summed E-state index contributed by atoms with van der Waals surface area (Å²) in [6, 6.07) is 2.21. The van der Waals surface area contributed by atoms with Crippen molar-refractivity contribution in [3.05, 3.63) is 42.7 Å². The van der Waals surface area contributed by atoms with Crippen LogP contribution in [0.25, 0.3) is 11.2 Å². The number of nitrogens with zero attached hydrogens (tertiary/aromatic N) is 5. The molecule has 10 N–H and O–H groups in total. The third-order valence-electron chi connectivity index (χ3n) is 7.32. The Balaban J connectivity index is 1.16. The van der Waals surface area contributed by atoms with E-state index in [0.29, 0.717) is 0 Å². The highest BCUT2D eigenvalue weighted by atomic mass is 31.3. The Hall–Kier alpha value is -2.97. The Bertz CT molecular complexity index is 1630. The molecule has 4 heterocycles. The molecule has 22 heteroatoms. The van der Waals surface area contributed by atoms with E-state index in [1.54, 1.807) is 0 Å². The number of carbonyl (C=O) groups is 1. The number of aliphatic hydroxyl groups excluding tert-OH is 4. The summed E-state index contributed by atoms with van der Waals surface area (Å²) in [5, 5.41) is 41.9. The third kappa shape index (κ3) is 6.66. The number of rotatable bonds is 11. The minimum Gasteiger partial charge on any atom is -0.390 e. The Kier molecular flexibility index (Phi) is 9.16. The van der Waals surface area contributed by atoms with Gasteiger partial charge < -0.3 is 46.4 Å². The number of phosphoric ester groups is 2. The van der Waals surface area contributed by atoms with Crippen molar-refractivity contribution in [2.24, 2.45) is 11.7 Å². The molecule has 0 bridgehead atoms. The van der Waals surface area contributed by atoms with E-state index in [0.717, 1.165) is 6.33 Å². The van der Waals surface area contributed by atoms with Crippen molar-refractivity contribution in [3.63, 3.8) is 0 Å². The summed E-state index contributed by atoms with van der Waals surface area (Å²) in [6.07, 6.45) is -3.36. The number of imidazole rings is 1. The van der Waals surface area contributed by atoms with Crippen LogP contribution >= 0.6 is 15.6 Å². The van der Waals surface area contributed by atoms with E-state index in [1.807, 2.05) is 0 Å². The minimum atomic E-state index is -5.33. The van der Waals surface area contributed by atoms with Gasteiger partial charge >= 0.3 is 15.6 Å². The lowest BCUT2D eigenvalue weighted by atomic mass is 10.1. The maximum absolute atomic E-state index is 12.5. The van der Waals surface area contributed by atoms with E-state index >= 15 is 0 Å². The van der Waals surface area contributed by atoms with Crippen molar-refractivity contribution in [2.75, 3.05) is 18.9 Å². The first-order valence-electron chi connectivity index (χ1n) is 12.9. The Morgan fingerprint density at radius 3 is 2.45 bits per heavy atom. The molecule has 3 aromatic heterocycles. The number of phosphoric acid groups is 2. The van der Waals surface area contributed by atoms with Gasteiger partial charge in [0.1, 0.15) is 41.8 Å². The largest absolute Gasteiger partial charge is 0.481 e. The number of aromatic nitrogens is 5. The van der Waals surface area contributed by atoms with Crippen LogP contribution in [0.2, 0.25) is 0 Å². The maximum atomic E-state index is 12.5. The Labute approximate surface area is 247 Å². The zero-order valence-corrected chi connectivity index (χ0v) is 24.3. The summed E-state index contributed by atoms with van der Waals surface area (Å²) in [6.45, 7) is -1.55. The van der Waals surface area contributed by atoms with Crippen LogP contribution in [0.5, 0.6) is 0 Å². The molecule has 2 fully saturated rings. The number of nitrogens with two attached hydrogens (primary N) is 2. The lowest BCUT2D eigenvalue weighted by Gasteiger charge is -2.20. The van der Waals surface area contributed by atoms with Crippen LogP contribution in [-0.2, 0) is 27.2 Å². The first kappa shape index (κ1) is 32.4. The van der Waals surface area contributed by atoms with E-state index in [1.165, 1.54) is 40.0 Å². The summed E-state index contributed by atoms with van der Waals surface area (Å²) in [5.74, 6) is -1.58. The zero-order chi connectivity index (χ0) is 32.0. The van der Waals surface area contributed by atoms with Crippen LogP contribution < -0.4 is 16.0 Å². The average molecular weight is 662 g/mol. The number of anilines is 1. The average Bonchev–Trinajstić information content (AvgIpc) is 3.61. The van der Waals surface area contributed by atoms with Gasteiger partial charge in [-0.25, -0.2) is 24.1 Å². The first-order valence-corrected chi connectivity index (χ1v) is 15.9.